The molecule has 0 saturated carbocycles. The van der Waals surface area contributed by atoms with E-state index < -0.39 is 6.67 Å². The van der Waals surface area contributed by atoms with Crippen LogP contribution in [0.3, 0.4) is 0 Å². The summed E-state index contributed by atoms with van der Waals surface area (Å²) < 4.78 is 12.4. The van der Waals surface area contributed by atoms with E-state index in [1.165, 1.54) is 0 Å². The van der Waals surface area contributed by atoms with E-state index in [1.54, 1.807) is 12.1 Å². The summed E-state index contributed by atoms with van der Waals surface area (Å²) in [6, 6.07) is 10.8. The molecule has 0 amide bonds. The maximum absolute atomic E-state index is 12.4. The van der Waals surface area contributed by atoms with E-state index in [4.69, 9.17) is 0 Å². The first kappa shape index (κ1) is 8.05. The lowest BCUT2D eigenvalue weighted by molar-refractivity contribution is 0.437. The largest absolute Gasteiger partial charge is 0.507 e. The average molecular weight is 176 g/mol. The Morgan fingerprint density at radius 3 is 2.62 bits per heavy atom. The molecule has 1 N–H and O–H groups in total. The monoisotopic (exact) mass is 176 g/mol. The van der Waals surface area contributed by atoms with Crippen LogP contribution < -0.4 is 0 Å². The molecular formula is C11H9FO. The van der Waals surface area contributed by atoms with Crippen LogP contribution >= 0.6 is 0 Å². The van der Waals surface area contributed by atoms with Crippen LogP contribution in [0.25, 0.3) is 10.8 Å². The van der Waals surface area contributed by atoms with Gasteiger partial charge in [-0.15, -0.1) is 0 Å². The Morgan fingerprint density at radius 1 is 1.08 bits per heavy atom. The van der Waals surface area contributed by atoms with Crippen molar-refractivity contribution in [3.05, 3.63) is 42.0 Å². The minimum atomic E-state index is -0.628. The molecule has 0 aliphatic rings. The highest BCUT2D eigenvalue weighted by atomic mass is 19.1. The van der Waals surface area contributed by atoms with E-state index >= 15 is 0 Å². The van der Waals surface area contributed by atoms with E-state index in [-0.39, 0.29) is 5.75 Å². The molecule has 0 bridgehead atoms. The quantitative estimate of drug-likeness (QED) is 0.708. The Balaban J connectivity index is 2.79. The van der Waals surface area contributed by atoms with Crippen LogP contribution in [0.15, 0.2) is 36.4 Å². The first-order chi connectivity index (χ1) is 6.33. The predicted octanol–water partition coefficient (Wildman–Crippen LogP) is 3.01. The summed E-state index contributed by atoms with van der Waals surface area (Å²) in [7, 11) is 0. The molecule has 0 aliphatic carbocycles. The SMILES string of the molecule is Oc1c(CF)ccc2ccccc12. The van der Waals surface area contributed by atoms with E-state index in [1.807, 2.05) is 24.3 Å². The zero-order valence-electron chi connectivity index (χ0n) is 7.00. The van der Waals surface area contributed by atoms with Crippen molar-refractivity contribution in [2.45, 2.75) is 6.67 Å². The lowest BCUT2D eigenvalue weighted by Gasteiger charge is -2.03. The maximum Gasteiger partial charge on any atom is 0.129 e. The minimum Gasteiger partial charge on any atom is -0.507 e. The second-order valence-corrected chi connectivity index (χ2v) is 2.93. The van der Waals surface area contributed by atoms with Gasteiger partial charge in [-0.3, -0.25) is 0 Å². The van der Waals surface area contributed by atoms with Gasteiger partial charge in [0.05, 0.1) is 0 Å². The minimum absolute atomic E-state index is 0.0561. The highest BCUT2D eigenvalue weighted by Crippen LogP contribution is 2.28. The van der Waals surface area contributed by atoms with Crippen molar-refractivity contribution in [2.24, 2.45) is 0 Å². The fourth-order valence-electron chi connectivity index (χ4n) is 1.41. The van der Waals surface area contributed by atoms with Crippen molar-refractivity contribution in [3.8, 4) is 5.75 Å². The Bertz CT molecular complexity index is 437. The van der Waals surface area contributed by atoms with Crippen LogP contribution in [0, 0.1) is 0 Å². The van der Waals surface area contributed by atoms with E-state index in [9.17, 15) is 9.50 Å². The first-order valence-corrected chi connectivity index (χ1v) is 4.08. The molecule has 13 heavy (non-hydrogen) atoms. The molecule has 0 atom stereocenters. The number of fused-ring (bicyclic) bond motifs is 1. The van der Waals surface area contributed by atoms with Crippen molar-refractivity contribution in [3.63, 3.8) is 0 Å². The van der Waals surface area contributed by atoms with Gasteiger partial charge in [-0.25, -0.2) is 4.39 Å². The Kier molecular flexibility index (Phi) is 1.89. The molecule has 0 saturated heterocycles. The number of aromatic hydroxyl groups is 1. The maximum atomic E-state index is 12.4. The number of benzene rings is 2. The molecule has 0 radical (unpaired) electrons. The first-order valence-electron chi connectivity index (χ1n) is 4.08. The van der Waals surface area contributed by atoms with Gasteiger partial charge in [0.25, 0.3) is 0 Å². The third-order valence-corrected chi connectivity index (χ3v) is 2.13. The fraction of sp³-hybridized carbons (Fsp3) is 0.0909. The van der Waals surface area contributed by atoms with Crippen LogP contribution in [-0.4, -0.2) is 5.11 Å². The lowest BCUT2D eigenvalue weighted by Crippen LogP contribution is -1.81. The van der Waals surface area contributed by atoms with E-state index in [2.05, 4.69) is 0 Å². The molecule has 0 heterocycles. The summed E-state index contributed by atoms with van der Waals surface area (Å²) in [4.78, 5) is 0. The van der Waals surface area contributed by atoms with Gasteiger partial charge in [0.15, 0.2) is 0 Å². The van der Waals surface area contributed by atoms with Gasteiger partial charge in [-0.05, 0) is 5.39 Å². The number of hydrogen-bond donors (Lipinski definition) is 1. The van der Waals surface area contributed by atoms with Crippen molar-refractivity contribution in [1.29, 1.82) is 0 Å². The van der Waals surface area contributed by atoms with Gasteiger partial charge in [0.2, 0.25) is 0 Å². The van der Waals surface area contributed by atoms with Crippen molar-refractivity contribution >= 4 is 10.8 Å². The van der Waals surface area contributed by atoms with E-state index in [0.717, 1.165) is 5.39 Å². The van der Waals surface area contributed by atoms with Crippen LogP contribution in [0.1, 0.15) is 5.56 Å². The molecule has 0 spiro atoms. The number of phenolic OH excluding ortho intramolecular Hbond substituents is 1. The van der Waals surface area contributed by atoms with Gasteiger partial charge in [-0.1, -0.05) is 36.4 Å². The van der Waals surface area contributed by atoms with Crippen LogP contribution in [0.4, 0.5) is 4.39 Å². The third-order valence-electron chi connectivity index (χ3n) is 2.13. The highest BCUT2D eigenvalue weighted by molar-refractivity contribution is 5.89. The second kappa shape index (κ2) is 3.05. The number of rotatable bonds is 1. The predicted molar refractivity (Wildman–Crippen MR) is 50.4 cm³/mol. The van der Waals surface area contributed by atoms with Gasteiger partial charge in [0, 0.05) is 10.9 Å². The molecule has 66 valence electrons. The molecule has 0 unspecified atom stereocenters. The molecular weight excluding hydrogens is 167 g/mol. The standard InChI is InChI=1S/C11H9FO/c12-7-9-6-5-8-3-1-2-4-10(8)11(9)13/h1-6,13H,7H2. The zero-order valence-corrected chi connectivity index (χ0v) is 7.00. The average Bonchev–Trinajstić information content (AvgIpc) is 2.19. The normalized spacial score (nSPS) is 10.5. The molecule has 2 aromatic rings. The second-order valence-electron chi connectivity index (χ2n) is 2.93. The summed E-state index contributed by atoms with van der Waals surface area (Å²) in [5, 5.41) is 11.2. The Morgan fingerprint density at radius 2 is 1.85 bits per heavy atom. The molecule has 2 heteroatoms. The Hall–Kier alpha value is -1.57. The molecule has 0 aromatic heterocycles. The summed E-state index contributed by atoms with van der Waals surface area (Å²) >= 11 is 0. The molecule has 1 nitrogen and oxygen atoms in total. The molecule has 2 aromatic carbocycles. The molecule has 0 fully saturated rings. The number of phenols is 1. The number of alkyl halides is 1. The number of halogens is 1. The summed E-state index contributed by atoms with van der Waals surface area (Å²) in [6.45, 7) is -0.628. The highest BCUT2D eigenvalue weighted by Gasteiger charge is 2.04. The summed E-state index contributed by atoms with van der Waals surface area (Å²) in [6.07, 6.45) is 0. The third kappa shape index (κ3) is 1.24. The van der Waals surface area contributed by atoms with E-state index in [0.29, 0.717) is 10.9 Å². The van der Waals surface area contributed by atoms with Crippen LogP contribution in [0.5, 0.6) is 5.75 Å². The molecule has 0 aliphatic heterocycles. The van der Waals surface area contributed by atoms with Gasteiger partial charge in [0.1, 0.15) is 12.4 Å². The van der Waals surface area contributed by atoms with Crippen LogP contribution in [-0.2, 0) is 6.67 Å². The van der Waals surface area contributed by atoms with Gasteiger partial charge >= 0.3 is 0 Å². The number of hydrogen-bond acceptors (Lipinski definition) is 1. The van der Waals surface area contributed by atoms with Crippen LogP contribution in [0.2, 0.25) is 0 Å². The Labute approximate surface area is 75.4 Å². The zero-order chi connectivity index (χ0) is 9.26. The smallest absolute Gasteiger partial charge is 0.129 e. The molecule has 2 rings (SSSR count). The van der Waals surface area contributed by atoms with Gasteiger partial charge in [-0.2, -0.15) is 0 Å². The summed E-state index contributed by atoms with van der Waals surface area (Å²) in [5.41, 5.74) is 0.346. The lowest BCUT2D eigenvalue weighted by atomic mass is 10.1. The van der Waals surface area contributed by atoms with Gasteiger partial charge < -0.3 is 5.11 Å². The van der Waals surface area contributed by atoms with Crippen molar-refractivity contribution in [1.82, 2.24) is 0 Å². The summed E-state index contributed by atoms with van der Waals surface area (Å²) in [5.74, 6) is 0.0561. The fourth-order valence-corrected chi connectivity index (χ4v) is 1.41. The topological polar surface area (TPSA) is 20.2 Å². The van der Waals surface area contributed by atoms with Crippen molar-refractivity contribution in [2.75, 3.05) is 0 Å². The van der Waals surface area contributed by atoms with Crippen molar-refractivity contribution < 1.29 is 9.50 Å².